The Bertz CT molecular complexity index is 622. The van der Waals surface area contributed by atoms with Crippen molar-refractivity contribution in [2.24, 2.45) is 0 Å². The van der Waals surface area contributed by atoms with E-state index in [1.807, 2.05) is 13.8 Å². The molecule has 0 saturated heterocycles. The monoisotopic (exact) mass is 310 g/mol. The lowest BCUT2D eigenvalue weighted by molar-refractivity contribution is -0.113. The van der Waals surface area contributed by atoms with E-state index in [-0.39, 0.29) is 11.7 Å². The Kier molecular flexibility index (Phi) is 4.57. The van der Waals surface area contributed by atoms with Crippen LogP contribution >= 0.6 is 23.4 Å². The van der Waals surface area contributed by atoms with Crippen LogP contribution in [0.5, 0.6) is 0 Å². The predicted molar refractivity (Wildman–Crippen MR) is 83.3 cm³/mol. The van der Waals surface area contributed by atoms with Gasteiger partial charge in [-0.2, -0.15) is 5.10 Å². The van der Waals surface area contributed by atoms with Crippen LogP contribution in [-0.2, 0) is 4.79 Å². The van der Waals surface area contributed by atoms with Gasteiger partial charge in [-0.1, -0.05) is 11.6 Å². The molecule has 0 atom stereocenters. The average Bonchev–Trinajstić information content (AvgIpc) is 2.71. The van der Waals surface area contributed by atoms with Gasteiger partial charge < -0.3 is 11.1 Å². The van der Waals surface area contributed by atoms with Crippen LogP contribution in [0.2, 0.25) is 5.02 Å². The second kappa shape index (κ2) is 6.19. The van der Waals surface area contributed by atoms with Gasteiger partial charge in [0.1, 0.15) is 0 Å². The van der Waals surface area contributed by atoms with Gasteiger partial charge in [0.2, 0.25) is 5.91 Å². The van der Waals surface area contributed by atoms with Crippen molar-refractivity contribution >= 4 is 40.6 Å². The quantitative estimate of drug-likeness (QED) is 0.599. The summed E-state index contributed by atoms with van der Waals surface area (Å²) in [5.74, 6) is 0.147. The minimum absolute atomic E-state index is 0.110. The predicted octanol–water partition coefficient (Wildman–Crippen LogP) is 2.99. The molecule has 0 unspecified atom stereocenters. The summed E-state index contributed by atoms with van der Waals surface area (Å²) in [6.45, 7) is 3.69. The third-order valence-electron chi connectivity index (χ3n) is 2.71. The number of aromatic nitrogens is 2. The minimum atomic E-state index is -0.110. The summed E-state index contributed by atoms with van der Waals surface area (Å²) in [7, 11) is 0. The van der Waals surface area contributed by atoms with Gasteiger partial charge in [0.15, 0.2) is 0 Å². The van der Waals surface area contributed by atoms with Crippen molar-refractivity contribution in [1.82, 2.24) is 10.2 Å². The molecule has 0 radical (unpaired) electrons. The van der Waals surface area contributed by atoms with Crippen LogP contribution in [-0.4, -0.2) is 21.9 Å². The number of nitrogen functional groups attached to an aromatic ring is 1. The summed E-state index contributed by atoms with van der Waals surface area (Å²) >= 11 is 7.40. The number of nitrogens with two attached hydrogens (primary N) is 1. The first-order valence-electron chi connectivity index (χ1n) is 5.96. The molecule has 0 aliphatic rings. The maximum Gasteiger partial charge on any atom is 0.234 e. The molecule has 1 amide bonds. The molecule has 0 saturated carbocycles. The lowest BCUT2D eigenvalue weighted by Crippen LogP contribution is -2.15. The topological polar surface area (TPSA) is 83.8 Å². The van der Waals surface area contributed by atoms with Crippen LogP contribution < -0.4 is 11.1 Å². The number of aryl methyl sites for hydroxylation is 2. The molecular formula is C13H15ClN4OS. The van der Waals surface area contributed by atoms with Gasteiger partial charge in [-0.3, -0.25) is 9.89 Å². The zero-order valence-corrected chi connectivity index (χ0v) is 12.7. The Morgan fingerprint density at radius 3 is 2.90 bits per heavy atom. The molecule has 1 heterocycles. The first-order valence-corrected chi connectivity index (χ1v) is 7.33. The second-order valence-corrected chi connectivity index (χ2v) is 5.76. The van der Waals surface area contributed by atoms with E-state index in [1.54, 1.807) is 18.2 Å². The number of anilines is 2. The molecule has 0 spiro atoms. The SMILES string of the molecule is Cc1n[nH]c(C)c1NC(=O)CSc1cc(N)ccc1Cl. The Labute approximate surface area is 126 Å². The van der Waals surface area contributed by atoms with Gasteiger partial charge >= 0.3 is 0 Å². The summed E-state index contributed by atoms with van der Waals surface area (Å²) in [6.07, 6.45) is 0. The number of halogens is 1. The highest BCUT2D eigenvalue weighted by Crippen LogP contribution is 2.29. The molecule has 0 aliphatic heterocycles. The molecule has 2 aromatic rings. The first kappa shape index (κ1) is 14.7. The number of carbonyl (C=O) groups is 1. The molecule has 5 nitrogen and oxygen atoms in total. The van der Waals surface area contributed by atoms with Gasteiger partial charge in [0, 0.05) is 10.6 Å². The average molecular weight is 311 g/mol. The van der Waals surface area contributed by atoms with Crippen molar-refractivity contribution < 1.29 is 4.79 Å². The van der Waals surface area contributed by atoms with Crippen LogP contribution in [0.25, 0.3) is 0 Å². The number of carbonyl (C=O) groups excluding carboxylic acids is 1. The fraction of sp³-hybridized carbons (Fsp3) is 0.231. The molecular weight excluding hydrogens is 296 g/mol. The summed E-state index contributed by atoms with van der Waals surface area (Å²) in [4.78, 5) is 12.7. The summed E-state index contributed by atoms with van der Waals surface area (Å²) in [6, 6.07) is 5.21. The van der Waals surface area contributed by atoms with Gasteiger partial charge in [-0.25, -0.2) is 0 Å². The number of nitrogens with zero attached hydrogens (tertiary/aromatic N) is 1. The molecule has 106 valence electrons. The number of hydrogen-bond acceptors (Lipinski definition) is 4. The zero-order chi connectivity index (χ0) is 14.7. The first-order chi connectivity index (χ1) is 9.47. The second-order valence-electron chi connectivity index (χ2n) is 4.34. The van der Waals surface area contributed by atoms with Crippen LogP contribution in [0.3, 0.4) is 0 Å². The Morgan fingerprint density at radius 2 is 2.25 bits per heavy atom. The van der Waals surface area contributed by atoms with Crippen molar-refractivity contribution in [3.8, 4) is 0 Å². The van der Waals surface area contributed by atoms with E-state index < -0.39 is 0 Å². The lowest BCUT2D eigenvalue weighted by atomic mass is 10.3. The van der Waals surface area contributed by atoms with E-state index >= 15 is 0 Å². The van der Waals surface area contributed by atoms with Crippen molar-refractivity contribution in [2.75, 3.05) is 16.8 Å². The summed E-state index contributed by atoms with van der Waals surface area (Å²) < 4.78 is 0. The van der Waals surface area contributed by atoms with Gasteiger partial charge in [-0.15, -0.1) is 11.8 Å². The maximum atomic E-state index is 11.9. The molecule has 1 aromatic carbocycles. The molecule has 1 aromatic heterocycles. The summed E-state index contributed by atoms with van der Waals surface area (Å²) in [5.41, 5.74) is 8.66. The van der Waals surface area contributed by atoms with E-state index in [0.29, 0.717) is 10.7 Å². The van der Waals surface area contributed by atoms with Gasteiger partial charge in [-0.05, 0) is 32.0 Å². The van der Waals surface area contributed by atoms with E-state index in [0.717, 1.165) is 22.0 Å². The van der Waals surface area contributed by atoms with E-state index in [1.165, 1.54) is 11.8 Å². The molecule has 0 aliphatic carbocycles. The smallest absolute Gasteiger partial charge is 0.234 e. The van der Waals surface area contributed by atoms with Gasteiger partial charge in [0.05, 0.1) is 27.9 Å². The molecule has 7 heteroatoms. The Hall–Kier alpha value is -1.66. The van der Waals surface area contributed by atoms with Crippen LogP contribution in [0, 0.1) is 13.8 Å². The van der Waals surface area contributed by atoms with E-state index in [9.17, 15) is 4.79 Å². The number of H-pyrrole nitrogens is 1. The Balaban J connectivity index is 1.97. The number of hydrogen-bond donors (Lipinski definition) is 3. The van der Waals surface area contributed by atoms with Crippen molar-refractivity contribution in [2.45, 2.75) is 18.7 Å². The fourth-order valence-electron chi connectivity index (χ4n) is 1.68. The molecule has 0 fully saturated rings. The number of rotatable bonds is 4. The molecule has 0 bridgehead atoms. The van der Waals surface area contributed by atoms with Gasteiger partial charge in [0.25, 0.3) is 0 Å². The summed E-state index contributed by atoms with van der Waals surface area (Å²) in [5, 5.41) is 10.3. The fourth-order valence-corrected chi connectivity index (χ4v) is 2.75. The molecule has 4 N–H and O–H groups in total. The van der Waals surface area contributed by atoms with Crippen molar-refractivity contribution in [3.63, 3.8) is 0 Å². The Morgan fingerprint density at radius 1 is 1.50 bits per heavy atom. The van der Waals surface area contributed by atoms with Crippen LogP contribution in [0.1, 0.15) is 11.4 Å². The van der Waals surface area contributed by atoms with E-state index in [2.05, 4.69) is 15.5 Å². The minimum Gasteiger partial charge on any atom is -0.399 e. The van der Waals surface area contributed by atoms with E-state index in [4.69, 9.17) is 17.3 Å². The molecule has 2 rings (SSSR count). The largest absolute Gasteiger partial charge is 0.399 e. The van der Waals surface area contributed by atoms with Crippen molar-refractivity contribution in [1.29, 1.82) is 0 Å². The van der Waals surface area contributed by atoms with Crippen molar-refractivity contribution in [3.05, 3.63) is 34.6 Å². The number of aromatic amines is 1. The normalized spacial score (nSPS) is 10.6. The highest BCUT2D eigenvalue weighted by atomic mass is 35.5. The zero-order valence-electron chi connectivity index (χ0n) is 11.2. The van der Waals surface area contributed by atoms with Crippen LogP contribution in [0.4, 0.5) is 11.4 Å². The highest BCUT2D eigenvalue weighted by molar-refractivity contribution is 8.00. The number of amides is 1. The lowest BCUT2D eigenvalue weighted by Gasteiger charge is -2.07. The molecule has 20 heavy (non-hydrogen) atoms. The number of benzene rings is 1. The highest BCUT2D eigenvalue weighted by Gasteiger charge is 2.11. The maximum absolute atomic E-state index is 11.9. The third kappa shape index (κ3) is 3.46. The third-order valence-corrected chi connectivity index (χ3v) is 4.20. The van der Waals surface area contributed by atoms with Crippen LogP contribution in [0.15, 0.2) is 23.1 Å². The number of nitrogens with one attached hydrogen (secondary N) is 2. The number of thioether (sulfide) groups is 1. The standard InChI is InChI=1S/C13H15ClN4OS/c1-7-13(8(2)18-17-7)16-12(19)6-20-11-5-9(15)3-4-10(11)14/h3-5H,6,15H2,1-2H3,(H,16,19)(H,17,18).